The topological polar surface area (TPSA) is 85.1 Å². The molecule has 0 bridgehead atoms. The molecule has 0 amide bonds. The van der Waals surface area contributed by atoms with Gasteiger partial charge in [0.05, 0.1) is 16.1 Å². The minimum atomic E-state index is -3.83. The van der Waals surface area contributed by atoms with Gasteiger partial charge >= 0.3 is 0 Å². The van der Waals surface area contributed by atoms with Crippen LogP contribution in [0.5, 0.6) is 0 Å². The fourth-order valence-corrected chi connectivity index (χ4v) is 3.83. The van der Waals surface area contributed by atoms with E-state index in [1.54, 1.807) is 30.5 Å². The average Bonchev–Trinajstić information content (AvgIpc) is 2.59. The summed E-state index contributed by atoms with van der Waals surface area (Å²) in [5, 5.41) is 8.98. The minimum Gasteiger partial charge on any atom is -0.383 e. The Kier molecular flexibility index (Phi) is 5.55. The SMILES string of the molecule is NS(=O)(=O)c1ccc(NCCCc2ccc(Br)cc2F)c2ncccc12. The number of rotatable bonds is 6. The Morgan fingerprint density at radius 2 is 2.00 bits per heavy atom. The Labute approximate surface area is 159 Å². The van der Waals surface area contributed by atoms with Crippen LogP contribution in [0.25, 0.3) is 10.9 Å². The lowest BCUT2D eigenvalue weighted by atomic mass is 10.1. The van der Waals surface area contributed by atoms with Crippen molar-refractivity contribution in [3.8, 4) is 0 Å². The normalized spacial score (nSPS) is 11.7. The summed E-state index contributed by atoms with van der Waals surface area (Å²) in [5.74, 6) is -0.232. The molecule has 3 N–H and O–H groups in total. The van der Waals surface area contributed by atoms with Gasteiger partial charge in [-0.15, -0.1) is 0 Å². The summed E-state index contributed by atoms with van der Waals surface area (Å²) < 4.78 is 38.0. The molecule has 2 aromatic carbocycles. The van der Waals surface area contributed by atoms with E-state index < -0.39 is 10.0 Å². The summed E-state index contributed by atoms with van der Waals surface area (Å²) in [7, 11) is -3.83. The van der Waals surface area contributed by atoms with Crippen molar-refractivity contribution in [3.05, 3.63) is 64.5 Å². The van der Waals surface area contributed by atoms with E-state index in [0.29, 0.717) is 46.0 Å². The molecule has 1 aromatic heterocycles. The van der Waals surface area contributed by atoms with Gasteiger partial charge in [-0.2, -0.15) is 0 Å². The first-order chi connectivity index (χ1) is 12.4. The van der Waals surface area contributed by atoms with Gasteiger partial charge in [-0.1, -0.05) is 22.0 Å². The molecule has 3 rings (SSSR count). The number of nitrogens with zero attached hydrogens (tertiary/aromatic N) is 1. The highest BCUT2D eigenvalue weighted by Crippen LogP contribution is 2.27. The second-order valence-electron chi connectivity index (χ2n) is 5.82. The van der Waals surface area contributed by atoms with Gasteiger partial charge in [-0.05, 0) is 54.8 Å². The zero-order valence-corrected chi connectivity index (χ0v) is 16.1. The number of halogens is 2. The Morgan fingerprint density at radius 1 is 1.19 bits per heavy atom. The molecule has 0 saturated heterocycles. The fourth-order valence-electron chi connectivity index (χ4n) is 2.76. The average molecular weight is 438 g/mol. The maximum absolute atomic E-state index is 13.8. The molecule has 136 valence electrons. The Balaban J connectivity index is 1.74. The van der Waals surface area contributed by atoms with E-state index in [1.165, 1.54) is 12.1 Å². The second kappa shape index (κ2) is 7.69. The third kappa shape index (κ3) is 4.20. The van der Waals surface area contributed by atoms with Gasteiger partial charge in [0, 0.05) is 22.6 Å². The highest BCUT2D eigenvalue weighted by atomic mass is 79.9. The van der Waals surface area contributed by atoms with Gasteiger partial charge in [0.25, 0.3) is 0 Å². The van der Waals surface area contributed by atoms with E-state index in [2.05, 4.69) is 26.2 Å². The highest BCUT2D eigenvalue weighted by molar-refractivity contribution is 9.10. The van der Waals surface area contributed by atoms with Crippen LogP contribution in [-0.4, -0.2) is 19.9 Å². The lowest BCUT2D eigenvalue weighted by molar-refractivity contribution is 0.598. The molecule has 8 heteroatoms. The largest absolute Gasteiger partial charge is 0.383 e. The molecule has 26 heavy (non-hydrogen) atoms. The van der Waals surface area contributed by atoms with E-state index in [-0.39, 0.29) is 10.7 Å². The molecular formula is C18H17BrFN3O2S. The van der Waals surface area contributed by atoms with Gasteiger partial charge in [0.2, 0.25) is 10.0 Å². The summed E-state index contributed by atoms with van der Waals surface area (Å²) in [5.41, 5.74) is 1.90. The quantitative estimate of drug-likeness (QED) is 0.573. The number of primary sulfonamides is 1. The lowest BCUT2D eigenvalue weighted by Gasteiger charge is -2.11. The number of nitrogens with one attached hydrogen (secondary N) is 1. The molecule has 0 aliphatic rings. The molecule has 0 spiro atoms. The van der Waals surface area contributed by atoms with Crippen molar-refractivity contribution in [2.75, 3.05) is 11.9 Å². The zero-order chi connectivity index (χ0) is 18.7. The number of hydrogen-bond donors (Lipinski definition) is 2. The van der Waals surface area contributed by atoms with Crippen LogP contribution in [0.3, 0.4) is 0 Å². The Bertz CT molecular complexity index is 1060. The van der Waals surface area contributed by atoms with Crippen LogP contribution in [-0.2, 0) is 16.4 Å². The summed E-state index contributed by atoms with van der Waals surface area (Å²) in [6.45, 7) is 0.593. The van der Waals surface area contributed by atoms with Gasteiger partial charge in [0.1, 0.15) is 5.82 Å². The van der Waals surface area contributed by atoms with Gasteiger partial charge in [0.15, 0.2) is 0 Å². The first-order valence-electron chi connectivity index (χ1n) is 7.94. The molecule has 0 unspecified atom stereocenters. The number of aromatic nitrogens is 1. The van der Waals surface area contributed by atoms with E-state index in [4.69, 9.17) is 5.14 Å². The summed E-state index contributed by atoms with van der Waals surface area (Å²) in [6, 6.07) is 11.5. The maximum atomic E-state index is 13.8. The van der Waals surface area contributed by atoms with Crippen LogP contribution in [0.15, 0.2) is 58.0 Å². The zero-order valence-electron chi connectivity index (χ0n) is 13.7. The number of sulfonamides is 1. The standard InChI is InChI=1S/C18H17BrFN3O2S/c19-13-6-5-12(15(20)11-13)3-1-9-22-16-7-8-17(26(21,24)25)14-4-2-10-23-18(14)16/h2,4-8,10-11,22H,1,3,9H2,(H2,21,24,25). The molecule has 0 saturated carbocycles. The van der Waals surface area contributed by atoms with Crippen LogP contribution < -0.4 is 10.5 Å². The molecular weight excluding hydrogens is 421 g/mol. The third-order valence-electron chi connectivity index (χ3n) is 3.99. The minimum absolute atomic E-state index is 0.0445. The number of aryl methyl sites for hydroxylation is 1. The van der Waals surface area contributed by atoms with Crippen LogP contribution >= 0.6 is 15.9 Å². The number of fused-ring (bicyclic) bond motifs is 1. The highest BCUT2D eigenvalue weighted by Gasteiger charge is 2.15. The molecule has 0 atom stereocenters. The first kappa shape index (κ1) is 18.8. The fraction of sp³-hybridized carbons (Fsp3) is 0.167. The van der Waals surface area contributed by atoms with Crippen LogP contribution in [0.1, 0.15) is 12.0 Å². The molecule has 1 heterocycles. The van der Waals surface area contributed by atoms with Crippen molar-refractivity contribution in [2.45, 2.75) is 17.7 Å². The summed E-state index contributed by atoms with van der Waals surface area (Å²) in [4.78, 5) is 4.31. The van der Waals surface area contributed by atoms with E-state index in [0.717, 1.165) is 0 Å². The maximum Gasteiger partial charge on any atom is 0.238 e. The molecule has 5 nitrogen and oxygen atoms in total. The predicted octanol–water partition coefficient (Wildman–Crippen LogP) is 3.83. The van der Waals surface area contributed by atoms with Crippen molar-refractivity contribution < 1.29 is 12.8 Å². The van der Waals surface area contributed by atoms with E-state index >= 15 is 0 Å². The van der Waals surface area contributed by atoms with E-state index in [1.807, 2.05) is 6.07 Å². The predicted molar refractivity (Wildman–Crippen MR) is 104 cm³/mol. The van der Waals surface area contributed by atoms with Crippen LogP contribution in [0, 0.1) is 5.82 Å². The van der Waals surface area contributed by atoms with Gasteiger partial charge in [-0.25, -0.2) is 17.9 Å². The van der Waals surface area contributed by atoms with E-state index in [9.17, 15) is 12.8 Å². The van der Waals surface area contributed by atoms with Crippen molar-refractivity contribution in [1.82, 2.24) is 4.98 Å². The molecule has 0 aliphatic heterocycles. The number of anilines is 1. The molecule has 0 aliphatic carbocycles. The number of nitrogens with two attached hydrogens (primary N) is 1. The van der Waals surface area contributed by atoms with Crippen molar-refractivity contribution in [1.29, 1.82) is 0 Å². The Morgan fingerprint density at radius 3 is 2.73 bits per heavy atom. The smallest absolute Gasteiger partial charge is 0.238 e. The van der Waals surface area contributed by atoms with Crippen LogP contribution in [0.4, 0.5) is 10.1 Å². The van der Waals surface area contributed by atoms with Crippen molar-refractivity contribution in [3.63, 3.8) is 0 Å². The lowest BCUT2D eigenvalue weighted by Crippen LogP contribution is -2.13. The number of hydrogen-bond acceptors (Lipinski definition) is 4. The van der Waals surface area contributed by atoms with Crippen molar-refractivity contribution in [2.24, 2.45) is 5.14 Å². The molecule has 3 aromatic rings. The van der Waals surface area contributed by atoms with Crippen LogP contribution in [0.2, 0.25) is 0 Å². The van der Waals surface area contributed by atoms with Gasteiger partial charge < -0.3 is 5.32 Å². The number of pyridine rings is 1. The summed E-state index contributed by atoms with van der Waals surface area (Å²) in [6.07, 6.45) is 2.90. The monoisotopic (exact) mass is 437 g/mol. The third-order valence-corrected chi connectivity index (χ3v) is 5.45. The van der Waals surface area contributed by atoms with Crippen molar-refractivity contribution >= 4 is 42.5 Å². The molecule has 0 fully saturated rings. The van der Waals surface area contributed by atoms with Gasteiger partial charge in [-0.3, -0.25) is 4.98 Å². The first-order valence-corrected chi connectivity index (χ1v) is 10.3. The molecule has 0 radical (unpaired) electrons. The Hall–Kier alpha value is -2.03. The second-order valence-corrected chi connectivity index (χ2v) is 8.27. The summed E-state index contributed by atoms with van der Waals surface area (Å²) >= 11 is 3.24. The number of benzene rings is 2.